The van der Waals surface area contributed by atoms with Crippen molar-refractivity contribution in [3.05, 3.63) is 24.2 Å². The Morgan fingerprint density at radius 3 is 2.47 bits per heavy atom. The Morgan fingerprint density at radius 2 is 1.88 bits per heavy atom. The molecule has 0 aliphatic heterocycles. The lowest BCUT2D eigenvalue weighted by Gasteiger charge is -2.36. The van der Waals surface area contributed by atoms with Gasteiger partial charge in [0.2, 0.25) is 5.60 Å². The number of hydrogen-bond donors (Lipinski definition) is 2. The number of ether oxygens (including phenoxy) is 3. The number of nitrogens with one attached hydrogen (secondary N) is 1. The van der Waals surface area contributed by atoms with Crippen LogP contribution in [0.2, 0.25) is 0 Å². The minimum Gasteiger partial charge on any atom is -0.464 e. The highest BCUT2D eigenvalue weighted by Crippen LogP contribution is 2.37. The van der Waals surface area contributed by atoms with Gasteiger partial charge in [0.15, 0.2) is 18.5 Å². The van der Waals surface area contributed by atoms with Gasteiger partial charge in [-0.2, -0.15) is 10.4 Å². The Balaban J connectivity index is 2.40. The number of carbonyl (C=O) groups is 3. The molecule has 2 heterocycles. The third kappa shape index (κ3) is 9.24. The van der Waals surface area contributed by atoms with Crippen LogP contribution >= 0.6 is 8.18 Å². The van der Waals surface area contributed by atoms with Gasteiger partial charge < -0.3 is 19.9 Å². The summed E-state index contributed by atoms with van der Waals surface area (Å²) in [7, 11) is -1.49. The predicted octanol–water partition coefficient (Wildman–Crippen LogP) is 3.63. The number of rotatable bonds is 19. The summed E-state index contributed by atoms with van der Waals surface area (Å²) >= 11 is 0. The van der Waals surface area contributed by atoms with E-state index in [9.17, 15) is 24.2 Å². The average Bonchev–Trinajstić information content (AvgIpc) is 3.45. The second-order valence-corrected chi connectivity index (χ2v) is 11.1. The molecule has 0 spiro atoms. The fraction of sp³-hybridized carbons (Fsp3) is 0.643. The van der Waals surface area contributed by atoms with E-state index in [4.69, 9.17) is 24.5 Å². The van der Waals surface area contributed by atoms with Gasteiger partial charge in [0.25, 0.3) is 0 Å². The summed E-state index contributed by atoms with van der Waals surface area (Å²) in [6, 6.07) is 4.34. The molecule has 0 aliphatic rings. The van der Waals surface area contributed by atoms with E-state index in [1.54, 1.807) is 26.0 Å². The molecule has 236 valence electrons. The van der Waals surface area contributed by atoms with Crippen molar-refractivity contribution in [3.8, 4) is 6.07 Å². The number of ketones is 1. The maximum Gasteiger partial charge on any atom is 0.613 e. The van der Waals surface area contributed by atoms with Crippen molar-refractivity contribution in [1.82, 2.24) is 19.7 Å². The molecule has 2 rings (SSSR count). The standard InChI is InChI=1S/C28H42N6O8P/c1-7-19(8-2)14-40-27(37)18(5)33-43(38)41-16-28(15-29,39-6)25(42-24(36)10-4)21(13-20(35)9-3)22-11-12-23-26(30)31-17-32-34(22)23/h11-12,17-19,21,25H,7-10,13-14,16H2,1-6H3,(H,33,38)(H2,30,31,32)/q+1/t18-,21-,25-,28+/m0/s1. The Morgan fingerprint density at radius 1 is 1.19 bits per heavy atom. The first-order chi connectivity index (χ1) is 20.5. The lowest BCUT2D eigenvalue weighted by molar-refractivity contribution is -0.169. The minimum absolute atomic E-state index is 0.0343. The Bertz CT molecular complexity index is 1310. The molecule has 2 aromatic heterocycles. The van der Waals surface area contributed by atoms with E-state index in [0.29, 0.717) is 11.2 Å². The highest BCUT2D eigenvalue weighted by molar-refractivity contribution is 7.36. The molecule has 0 aliphatic carbocycles. The molecule has 15 heteroatoms. The molecular weight excluding hydrogens is 579 g/mol. The Hall–Kier alpha value is -3.50. The van der Waals surface area contributed by atoms with Crippen molar-refractivity contribution in [2.24, 2.45) is 5.92 Å². The topological polar surface area (TPSA) is 197 Å². The van der Waals surface area contributed by atoms with E-state index in [1.165, 1.54) is 24.9 Å². The number of aromatic nitrogens is 3. The lowest BCUT2D eigenvalue weighted by Crippen LogP contribution is -2.52. The first-order valence-electron chi connectivity index (χ1n) is 14.3. The maximum atomic E-state index is 12.9. The number of methoxy groups -OCH3 is 1. The molecule has 0 bridgehead atoms. The van der Waals surface area contributed by atoms with Crippen molar-refractivity contribution in [1.29, 1.82) is 5.26 Å². The maximum absolute atomic E-state index is 12.9. The Kier molecular flexibility index (Phi) is 14.1. The van der Waals surface area contributed by atoms with E-state index in [1.807, 2.05) is 19.9 Å². The molecule has 0 saturated carbocycles. The second-order valence-electron chi connectivity index (χ2n) is 10.1. The molecule has 0 fully saturated rings. The number of nitrogens with two attached hydrogens (primary N) is 1. The summed E-state index contributed by atoms with van der Waals surface area (Å²) in [6.45, 7) is 8.34. The summed E-state index contributed by atoms with van der Waals surface area (Å²) in [5.74, 6) is -2.01. The fourth-order valence-corrected chi connectivity index (χ4v) is 5.19. The van der Waals surface area contributed by atoms with Crippen LogP contribution in [0, 0.1) is 17.2 Å². The van der Waals surface area contributed by atoms with E-state index < -0.39 is 50.4 Å². The number of esters is 2. The minimum atomic E-state index is -2.71. The highest BCUT2D eigenvalue weighted by Gasteiger charge is 2.51. The molecule has 5 atom stereocenters. The number of nitrogen functional groups attached to an aromatic ring is 1. The number of Topliss-reactive ketones (excluding diaryl/α,β-unsaturated/α-hetero) is 1. The van der Waals surface area contributed by atoms with Crippen LogP contribution in [0.3, 0.4) is 0 Å². The fourth-order valence-electron chi connectivity index (χ4n) is 4.39. The van der Waals surface area contributed by atoms with E-state index in [2.05, 4.69) is 15.2 Å². The molecule has 0 radical (unpaired) electrons. The monoisotopic (exact) mass is 621 g/mol. The Labute approximate surface area is 252 Å². The molecular formula is C28H42N6O8P+. The van der Waals surface area contributed by atoms with Crippen molar-refractivity contribution in [3.63, 3.8) is 0 Å². The zero-order chi connectivity index (χ0) is 32.2. The summed E-state index contributed by atoms with van der Waals surface area (Å²) < 4.78 is 36.6. The first-order valence-corrected chi connectivity index (χ1v) is 15.5. The van der Waals surface area contributed by atoms with E-state index in [0.717, 1.165) is 12.8 Å². The van der Waals surface area contributed by atoms with Crippen LogP contribution < -0.4 is 10.8 Å². The number of anilines is 1. The largest absolute Gasteiger partial charge is 0.613 e. The number of carbonyl (C=O) groups excluding carboxylic acids is 3. The van der Waals surface area contributed by atoms with Crippen LogP contribution in [-0.4, -0.2) is 70.4 Å². The average molecular weight is 622 g/mol. The van der Waals surface area contributed by atoms with Crippen molar-refractivity contribution < 1.29 is 37.7 Å². The number of nitrogens with zero attached hydrogens (tertiary/aromatic N) is 4. The third-order valence-corrected chi connectivity index (χ3v) is 8.29. The first kappa shape index (κ1) is 35.7. The SMILES string of the molecule is CCC(=O)C[C@@H](c1ccc2c(N)ncnn12)[C@H](OC(=O)CC)[C@@](C#N)(CO[P+](=O)N[C@@H](C)C(=O)OCC(CC)CC)OC. The van der Waals surface area contributed by atoms with Gasteiger partial charge in [-0.15, -0.1) is 4.52 Å². The number of nitriles is 1. The quantitative estimate of drug-likeness (QED) is 0.170. The molecule has 0 aromatic carbocycles. The molecule has 0 saturated heterocycles. The zero-order valence-corrected chi connectivity index (χ0v) is 26.5. The van der Waals surface area contributed by atoms with Gasteiger partial charge >= 0.3 is 20.1 Å². The predicted molar refractivity (Wildman–Crippen MR) is 157 cm³/mol. The summed E-state index contributed by atoms with van der Waals surface area (Å²) in [5.41, 5.74) is 4.83. The smallest absolute Gasteiger partial charge is 0.464 e. The van der Waals surface area contributed by atoms with Gasteiger partial charge in [0.05, 0.1) is 12.3 Å². The van der Waals surface area contributed by atoms with Gasteiger partial charge in [0, 0.05) is 32.3 Å². The zero-order valence-electron chi connectivity index (χ0n) is 25.6. The van der Waals surface area contributed by atoms with E-state index >= 15 is 0 Å². The lowest BCUT2D eigenvalue weighted by atomic mass is 9.82. The van der Waals surface area contributed by atoms with Gasteiger partial charge in [0.1, 0.15) is 29.7 Å². The molecule has 1 unspecified atom stereocenters. The highest BCUT2D eigenvalue weighted by atomic mass is 31.1. The van der Waals surface area contributed by atoms with Crippen molar-refractivity contribution in [2.75, 3.05) is 26.1 Å². The number of fused-ring (bicyclic) bond motifs is 1. The van der Waals surface area contributed by atoms with Crippen LogP contribution in [0.5, 0.6) is 0 Å². The summed E-state index contributed by atoms with van der Waals surface area (Å²) in [5, 5.41) is 17.2. The molecule has 43 heavy (non-hydrogen) atoms. The van der Waals surface area contributed by atoms with Gasteiger partial charge in [-0.05, 0) is 29.5 Å². The van der Waals surface area contributed by atoms with Crippen LogP contribution in [0.15, 0.2) is 18.5 Å². The van der Waals surface area contributed by atoms with Crippen LogP contribution in [0.1, 0.15) is 78.3 Å². The normalized spacial score (nSPS) is 15.3. The molecule has 2 aromatic rings. The summed E-state index contributed by atoms with van der Waals surface area (Å²) in [4.78, 5) is 41.9. The van der Waals surface area contributed by atoms with Crippen LogP contribution in [0.25, 0.3) is 5.52 Å². The molecule has 3 N–H and O–H groups in total. The van der Waals surface area contributed by atoms with Gasteiger partial charge in [-0.3, -0.25) is 14.4 Å². The summed E-state index contributed by atoms with van der Waals surface area (Å²) in [6.07, 6.45) is 1.52. The van der Waals surface area contributed by atoms with E-state index in [-0.39, 0.29) is 43.4 Å². The second kappa shape index (κ2) is 17.0. The van der Waals surface area contributed by atoms with Crippen molar-refractivity contribution >= 4 is 37.2 Å². The third-order valence-electron chi connectivity index (χ3n) is 7.32. The van der Waals surface area contributed by atoms with Crippen molar-refractivity contribution in [2.45, 2.75) is 90.4 Å². The van der Waals surface area contributed by atoms with Crippen LogP contribution in [-0.2, 0) is 37.7 Å². The number of hydrogen-bond acceptors (Lipinski definition) is 12. The molecule has 14 nitrogen and oxygen atoms in total. The van der Waals surface area contributed by atoms with Gasteiger partial charge in [-0.25, -0.2) is 9.50 Å². The van der Waals surface area contributed by atoms with Crippen LogP contribution in [0.4, 0.5) is 5.82 Å². The van der Waals surface area contributed by atoms with Gasteiger partial charge in [-0.1, -0.05) is 45.6 Å². The molecule has 0 amide bonds.